The molecule has 0 amide bonds. The van der Waals surface area contributed by atoms with Crippen LogP contribution in [-0.4, -0.2) is 43.8 Å². The van der Waals surface area contributed by atoms with E-state index in [-0.39, 0.29) is 11.9 Å². The minimum atomic E-state index is -0.0677. The van der Waals surface area contributed by atoms with Gasteiger partial charge in [0.1, 0.15) is 13.2 Å². The van der Waals surface area contributed by atoms with Gasteiger partial charge >= 0.3 is 5.97 Å². The topological polar surface area (TPSA) is 48.0 Å². The molecule has 120 valence electrons. The molecule has 2 aliphatic rings. The van der Waals surface area contributed by atoms with E-state index in [1.54, 1.807) is 0 Å². The second-order valence-electron chi connectivity index (χ2n) is 5.77. The first-order chi connectivity index (χ1) is 10.8. The van der Waals surface area contributed by atoms with E-state index in [0.717, 1.165) is 49.5 Å². The highest BCUT2D eigenvalue weighted by molar-refractivity contribution is 5.72. The van der Waals surface area contributed by atoms with Gasteiger partial charge in [-0.2, -0.15) is 0 Å². The predicted molar refractivity (Wildman–Crippen MR) is 82.1 cm³/mol. The highest BCUT2D eigenvalue weighted by atomic mass is 16.6. The normalized spacial score (nSPS) is 21.4. The van der Waals surface area contributed by atoms with Gasteiger partial charge in [0.25, 0.3) is 0 Å². The summed E-state index contributed by atoms with van der Waals surface area (Å²) in [4.78, 5) is 14.2. The summed E-state index contributed by atoms with van der Waals surface area (Å²) in [5, 5.41) is 0. The number of esters is 1. The van der Waals surface area contributed by atoms with Gasteiger partial charge in [-0.25, -0.2) is 0 Å². The second-order valence-corrected chi connectivity index (χ2v) is 5.77. The van der Waals surface area contributed by atoms with Crippen molar-refractivity contribution in [1.82, 2.24) is 4.90 Å². The molecule has 1 aromatic rings. The molecular formula is C17H23NO4. The zero-order valence-corrected chi connectivity index (χ0v) is 13.0. The second kappa shape index (κ2) is 7.01. The van der Waals surface area contributed by atoms with Gasteiger partial charge in [0.2, 0.25) is 0 Å². The molecule has 5 heteroatoms. The Kier molecular flexibility index (Phi) is 4.83. The molecule has 0 radical (unpaired) electrons. The van der Waals surface area contributed by atoms with Gasteiger partial charge in [0.05, 0.1) is 12.5 Å². The molecular weight excluding hydrogens is 282 g/mol. The number of hydrogen-bond donors (Lipinski definition) is 0. The van der Waals surface area contributed by atoms with Gasteiger partial charge in [0.15, 0.2) is 11.5 Å². The lowest BCUT2D eigenvalue weighted by Crippen LogP contribution is -2.39. The van der Waals surface area contributed by atoms with Crippen molar-refractivity contribution in [1.29, 1.82) is 0 Å². The summed E-state index contributed by atoms with van der Waals surface area (Å²) < 4.78 is 16.6. The maximum atomic E-state index is 11.9. The molecule has 0 N–H and O–H groups in total. The van der Waals surface area contributed by atoms with E-state index < -0.39 is 0 Å². The van der Waals surface area contributed by atoms with Crippen LogP contribution in [0.25, 0.3) is 0 Å². The monoisotopic (exact) mass is 305 g/mol. The Hall–Kier alpha value is -1.75. The van der Waals surface area contributed by atoms with Crippen LogP contribution in [0.2, 0.25) is 0 Å². The maximum absolute atomic E-state index is 11.9. The number of fused-ring (bicyclic) bond motifs is 1. The van der Waals surface area contributed by atoms with E-state index in [2.05, 4.69) is 11.0 Å². The molecule has 1 atom stereocenters. The molecule has 1 fully saturated rings. The van der Waals surface area contributed by atoms with Crippen molar-refractivity contribution in [3.8, 4) is 11.5 Å². The van der Waals surface area contributed by atoms with Gasteiger partial charge in [-0.1, -0.05) is 12.1 Å². The van der Waals surface area contributed by atoms with Crippen molar-refractivity contribution in [3.63, 3.8) is 0 Å². The van der Waals surface area contributed by atoms with Gasteiger partial charge in [-0.15, -0.1) is 0 Å². The molecule has 0 saturated carbocycles. The van der Waals surface area contributed by atoms with Crippen LogP contribution in [0, 0.1) is 5.92 Å². The number of rotatable bonds is 4. The largest absolute Gasteiger partial charge is 0.486 e. The molecule has 1 aromatic carbocycles. The van der Waals surface area contributed by atoms with E-state index in [9.17, 15) is 4.79 Å². The molecule has 5 nitrogen and oxygen atoms in total. The van der Waals surface area contributed by atoms with Gasteiger partial charge < -0.3 is 14.2 Å². The Morgan fingerprint density at radius 1 is 1.36 bits per heavy atom. The molecule has 3 rings (SSSR count). The third-order valence-electron chi connectivity index (χ3n) is 4.17. The number of carbonyl (C=O) groups is 1. The Morgan fingerprint density at radius 3 is 3.09 bits per heavy atom. The smallest absolute Gasteiger partial charge is 0.310 e. The molecule has 2 heterocycles. The van der Waals surface area contributed by atoms with Crippen LogP contribution in [0.1, 0.15) is 25.3 Å². The lowest BCUT2D eigenvalue weighted by Gasteiger charge is -2.32. The van der Waals surface area contributed by atoms with E-state index in [0.29, 0.717) is 19.8 Å². The summed E-state index contributed by atoms with van der Waals surface area (Å²) in [6.07, 6.45) is 1.94. The Bertz CT molecular complexity index is 531. The number of piperidine rings is 1. The van der Waals surface area contributed by atoms with Gasteiger partial charge in [-0.3, -0.25) is 9.69 Å². The van der Waals surface area contributed by atoms with E-state index in [1.807, 2.05) is 19.1 Å². The third kappa shape index (κ3) is 3.35. The zero-order chi connectivity index (χ0) is 15.4. The quantitative estimate of drug-likeness (QED) is 0.798. The van der Waals surface area contributed by atoms with Crippen molar-refractivity contribution in [2.75, 3.05) is 32.9 Å². The first kappa shape index (κ1) is 15.2. The van der Waals surface area contributed by atoms with Crippen molar-refractivity contribution < 1.29 is 19.0 Å². The number of nitrogens with zero attached hydrogens (tertiary/aromatic N) is 1. The number of carbonyl (C=O) groups excluding carboxylic acids is 1. The Balaban J connectivity index is 1.67. The lowest BCUT2D eigenvalue weighted by atomic mass is 9.97. The average Bonchev–Trinajstić information content (AvgIpc) is 2.56. The molecule has 0 aromatic heterocycles. The van der Waals surface area contributed by atoms with Crippen LogP contribution in [0.5, 0.6) is 11.5 Å². The summed E-state index contributed by atoms with van der Waals surface area (Å²) in [6.45, 7) is 6.03. The fourth-order valence-corrected chi connectivity index (χ4v) is 3.15. The van der Waals surface area contributed by atoms with Crippen LogP contribution in [0.15, 0.2) is 18.2 Å². The number of para-hydroxylation sites is 1. The minimum absolute atomic E-state index is 0.00888. The predicted octanol–water partition coefficient (Wildman–Crippen LogP) is 2.23. The molecule has 0 bridgehead atoms. The van der Waals surface area contributed by atoms with Crippen LogP contribution < -0.4 is 9.47 Å². The van der Waals surface area contributed by atoms with Crippen LogP contribution in [0.3, 0.4) is 0 Å². The minimum Gasteiger partial charge on any atom is -0.486 e. The van der Waals surface area contributed by atoms with Crippen molar-refractivity contribution in [2.24, 2.45) is 5.92 Å². The number of benzene rings is 1. The van der Waals surface area contributed by atoms with Crippen LogP contribution in [0.4, 0.5) is 0 Å². The van der Waals surface area contributed by atoms with Crippen LogP contribution in [-0.2, 0) is 16.1 Å². The molecule has 0 spiro atoms. The average molecular weight is 305 g/mol. The molecule has 1 saturated heterocycles. The highest BCUT2D eigenvalue weighted by Gasteiger charge is 2.27. The molecule has 1 unspecified atom stereocenters. The van der Waals surface area contributed by atoms with Crippen LogP contribution >= 0.6 is 0 Å². The summed E-state index contributed by atoms with van der Waals surface area (Å²) in [5.74, 6) is 1.60. The van der Waals surface area contributed by atoms with Gasteiger partial charge in [0, 0.05) is 18.7 Å². The fraction of sp³-hybridized carbons (Fsp3) is 0.588. The summed E-state index contributed by atoms with van der Waals surface area (Å²) >= 11 is 0. The van der Waals surface area contributed by atoms with Crippen molar-refractivity contribution in [2.45, 2.75) is 26.3 Å². The first-order valence-corrected chi connectivity index (χ1v) is 8.04. The third-order valence-corrected chi connectivity index (χ3v) is 4.17. The summed E-state index contributed by atoms with van der Waals surface area (Å²) in [5.41, 5.74) is 1.13. The number of ether oxygens (including phenoxy) is 3. The van der Waals surface area contributed by atoms with E-state index in [1.165, 1.54) is 0 Å². The summed E-state index contributed by atoms with van der Waals surface area (Å²) in [7, 11) is 0. The molecule has 22 heavy (non-hydrogen) atoms. The zero-order valence-electron chi connectivity index (χ0n) is 13.0. The number of hydrogen-bond acceptors (Lipinski definition) is 5. The standard InChI is InChI=1S/C17H23NO4/c1-2-20-17(19)14-6-4-8-18(12-14)11-13-5-3-7-15-16(13)22-10-9-21-15/h3,5,7,14H,2,4,6,8-12H2,1H3. The Labute approximate surface area is 131 Å². The fourth-order valence-electron chi connectivity index (χ4n) is 3.15. The maximum Gasteiger partial charge on any atom is 0.310 e. The first-order valence-electron chi connectivity index (χ1n) is 8.04. The lowest BCUT2D eigenvalue weighted by molar-refractivity contribution is -0.150. The SMILES string of the molecule is CCOC(=O)C1CCCN(Cc2cccc3c2OCCO3)C1. The molecule has 0 aliphatic carbocycles. The van der Waals surface area contributed by atoms with Gasteiger partial charge in [-0.05, 0) is 32.4 Å². The van der Waals surface area contributed by atoms with E-state index in [4.69, 9.17) is 14.2 Å². The van der Waals surface area contributed by atoms with Crippen molar-refractivity contribution >= 4 is 5.97 Å². The molecule has 2 aliphatic heterocycles. The number of likely N-dealkylation sites (tertiary alicyclic amines) is 1. The van der Waals surface area contributed by atoms with E-state index >= 15 is 0 Å². The highest BCUT2D eigenvalue weighted by Crippen LogP contribution is 2.34. The summed E-state index contributed by atoms with van der Waals surface area (Å²) in [6, 6.07) is 6.01. The Morgan fingerprint density at radius 2 is 2.23 bits per heavy atom. The van der Waals surface area contributed by atoms with Crippen molar-refractivity contribution in [3.05, 3.63) is 23.8 Å².